The number of thioether (sulfide) groups is 1. The van der Waals surface area contributed by atoms with E-state index >= 15 is 0 Å². The number of hydrogen-bond acceptors (Lipinski definition) is 8. The van der Waals surface area contributed by atoms with Crippen molar-refractivity contribution in [2.24, 2.45) is 13.0 Å². The zero-order valence-corrected chi connectivity index (χ0v) is 27.4. The van der Waals surface area contributed by atoms with Crippen molar-refractivity contribution in [2.75, 3.05) is 5.75 Å². The molecule has 0 aliphatic carbocycles. The summed E-state index contributed by atoms with van der Waals surface area (Å²) in [6.45, 7) is 1.72. The molecule has 5 aromatic rings. The predicted octanol–water partition coefficient (Wildman–Crippen LogP) is 6.58. The van der Waals surface area contributed by atoms with Crippen LogP contribution in [0, 0.1) is 35.0 Å². The van der Waals surface area contributed by atoms with Crippen molar-refractivity contribution >= 4 is 17.7 Å². The Bertz CT molecular complexity index is 1990. The Kier molecular flexibility index (Phi) is 10.6. The topological polar surface area (TPSA) is 111 Å². The number of hydrogen-bond donors (Lipinski definition) is 2. The second-order valence-electron chi connectivity index (χ2n) is 11.7. The van der Waals surface area contributed by atoms with Crippen molar-refractivity contribution in [1.29, 1.82) is 0 Å². The van der Waals surface area contributed by atoms with Crippen molar-refractivity contribution in [3.8, 4) is 11.1 Å². The third-order valence-electron chi connectivity index (χ3n) is 8.39. The van der Waals surface area contributed by atoms with Crippen LogP contribution in [0.4, 0.5) is 22.0 Å². The van der Waals surface area contributed by atoms with Gasteiger partial charge in [-0.05, 0) is 50.4 Å². The summed E-state index contributed by atoms with van der Waals surface area (Å²) in [6.07, 6.45) is -1.38. The summed E-state index contributed by atoms with van der Waals surface area (Å²) in [4.78, 5) is 12.5. The molecule has 1 aliphatic rings. The molecule has 1 amide bonds. The van der Waals surface area contributed by atoms with E-state index in [-0.39, 0.29) is 31.3 Å². The van der Waals surface area contributed by atoms with Crippen molar-refractivity contribution in [1.82, 2.24) is 25.5 Å². The second kappa shape index (κ2) is 15.0. The fourth-order valence-electron chi connectivity index (χ4n) is 5.61. The van der Waals surface area contributed by atoms with Gasteiger partial charge in [-0.1, -0.05) is 79.3 Å². The first kappa shape index (κ1) is 35.1. The summed E-state index contributed by atoms with van der Waals surface area (Å²) in [6, 6.07) is 21.9. The highest BCUT2D eigenvalue weighted by Crippen LogP contribution is 2.43. The average Bonchev–Trinajstić information content (AvgIpc) is 3.56. The quantitative estimate of drug-likeness (QED) is 0.0724. The summed E-state index contributed by atoms with van der Waals surface area (Å²) >= 11 is 1.46. The number of rotatable bonds is 10. The van der Waals surface area contributed by atoms with E-state index in [0.29, 0.717) is 16.5 Å². The maximum Gasteiger partial charge on any atom is 0.257 e. The fourth-order valence-corrected chi connectivity index (χ4v) is 6.62. The molecular weight excluding hydrogens is 681 g/mol. The second-order valence-corrected chi connectivity index (χ2v) is 12.7. The van der Waals surface area contributed by atoms with Crippen molar-refractivity contribution < 1.29 is 41.3 Å². The van der Waals surface area contributed by atoms with Crippen LogP contribution in [0.3, 0.4) is 0 Å². The molecular formula is C35H30F5N5O4S. The fraction of sp³-hybridized carbons (Fsp3) is 0.257. The van der Waals surface area contributed by atoms with E-state index < -0.39 is 46.8 Å². The summed E-state index contributed by atoms with van der Waals surface area (Å²) in [7, 11) is 1.76. The Morgan fingerprint density at radius 2 is 1.52 bits per heavy atom. The molecule has 0 bridgehead atoms. The van der Waals surface area contributed by atoms with Gasteiger partial charge in [0.2, 0.25) is 11.0 Å². The van der Waals surface area contributed by atoms with Crippen LogP contribution in [0.5, 0.6) is 0 Å². The molecule has 4 atom stereocenters. The summed E-state index contributed by atoms with van der Waals surface area (Å²) in [5.41, 5.74) is 2.87. The number of carbonyl (C=O) groups excluding carboxylic acids is 1. The smallest absolute Gasteiger partial charge is 0.257 e. The highest BCUT2D eigenvalue weighted by atomic mass is 32.2. The molecule has 15 heteroatoms. The number of aryl methyl sites for hydroxylation is 1. The van der Waals surface area contributed by atoms with Gasteiger partial charge in [0, 0.05) is 30.8 Å². The van der Waals surface area contributed by atoms with Gasteiger partial charge in [-0.15, -0.1) is 5.10 Å². The monoisotopic (exact) mass is 711 g/mol. The van der Waals surface area contributed by atoms with Crippen LogP contribution in [0.1, 0.15) is 51.9 Å². The SMILES string of the molecule is CC1C(CSc2nnnn2C)OC(c2cccc(-c3cccc(CNC(=O)c4c(F)c(F)c(F)c(F)c4F)c3)c2)OC1c1ccc(CO)cc1. The minimum atomic E-state index is -2.34. The molecule has 50 heavy (non-hydrogen) atoms. The molecule has 0 spiro atoms. The number of halogens is 5. The lowest BCUT2D eigenvalue weighted by molar-refractivity contribution is -0.268. The van der Waals surface area contributed by atoms with Crippen LogP contribution in [-0.4, -0.2) is 43.1 Å². The first-order chi connectivity index (χ1) is 24.0. The summed E-state index contributed by atoms with van der Waals surface area (Å²) in [5, 5.41) is 24.1. The van der Waals surface area contributed by atoms with Crippen LogP contribution in [0.2, 0.25) is 0 Å². The Hall–Kier alpha value is -4.70. The van der Waals surface area contributed by atoms with Gasteiger partial charge in [-0.2, -0.15) is 0 Å². The number of tetrazole rings is 1. The maximum absolute atomic E-state index is 14.2. The molecule has 260 valence electrons. The van der Waals surface area contributed by atoms with Gasteiger partial charge in [0.1, 0.15) is 5.56 Å². The van der Waals surface area contributed by atoms with Crippen molar-refractivity contribution in [3.63, 3.8) is 0 Å². The number of amides is 1. The Morgan fingerprint density at radius 1 is 0.860 bits per heavy atom. The lowest BCUT2D eigenvalue weighted by Crippen LogP contribution is -2.38. The molecule has 4 unspecified atom stereocenters. The van der Waals surface area contributed by atoms with E-state index in [2.05, 4.69) is 20.8 Å². The average molecular weight is 712 g/mol. The lowest BCUT2D eigenvalue weighted by atomic mass is 9.91. The van der Waals surface area contributed by atoms with Gasteiger partial charge >= 0.3 is 0 Å². The van der Waals surface area contributed by atoms with Gasteiger partial charge in [-0.3, -0.25) is 4.79 Å². The molecule has 1 aliphatic heterocycles. The zero-order chi connectivity index (χ0) is 35.5. The number of nitrogens with one attached hydrogen (secondary N) is 1. The first-order valence-corrected chi connectivity index (χ1v) is 16.4. The predicted molar refractivity (Wildman–Crippen MR) is 172 cm³/mol. The molecule has 0 saturated carbocycles. The number of carbonyl (C=O) groups is 1. The molecule has 1 aromatic heterocycles. The van der Waals surface area contributed by atoms with E-state index in [1.807, 2.05) is 61.5 Å². The Labute approximate surface area is 287 Å². The summed E-state index contributed by atoms with van der Waals surface area (Å²) < 4.78 is 83.7. The Balaban J connectivity index is 1.22. The van der Waals surface area contributed by atoms with Gasteiger partial charge < -0.3 is 19.9 Å². The first-order valence-electron chi connectivity index (χ1n) is 15.4. The van der Waals surface area contributed by atoms with Crippen LogP contribution in [0.25, 0.3) is 11.1 Å². The van der Waals surface area contributed by atoms with Crippen LogP contribution >= 0.6 is 11.8 Å². The third kappa shape index (κ3) is 7.26. The van der Waals surface area contributed by atoms with Gasteiger partial charge in [-0.25, -0.2) is 26.6 Å². The zero-order valence-electron chi connectivity index (χ0n) is 26.6. The van der Waals surface area contributed by atoms with Crippen LogP contribution in [0.15, 0.2) is 78.0 Å². The molecule has 2 N–H and O–H groups in total. The number of ether oxygens (including phenoxy) is 2. The van der Waals surface area contributed by atoms with E-state index in [9.17, 15) is 31.9 Å². The Morgan fingerprint density at radius 3 is 2.18 bits per heavy atom. The number of aromatic nitrogens is 4. The third-order valence-corrected chi connectivity index (χ3v) is 9.49. The lowest BCUT2D eigenvalue weighted by Gasteiger charge is -2.41. The van der Waals surface area contributed by atoms with Crippen molar-refractivity contribution in [3.05, 3.63) is 130 Å². The van der Waals surface area contributed by atoms with Gasteiger partial charge in [0.05, 0.1) is 18.8 Å². The molecule has 0 radical (unpaired) electrons. The maximum atomic E-state index is 14.2. The molecule has 2 heterocycles. The molecule has 9 nitrogen and oxygen atoms in total. The largest absolute Gasteiger partial charge is 0.392 e. The van der Waals surface area contributed by atoms with Crippen LogP contribution in [-0.2, 0) is 29.7 Å². The highest BCUT2D eigenvalue weighted by Gasteiger charge is 2.39. The van der Waals surface area contributed by atoms with Crippen LogP contribution < -0.4 is 5.32 Å². The van der Waals surface area contributed by atoms with Crippen molar-refractivity contribution in [2.45, 2.75) is 43.7 Å². The summed E-state index contributed by atoms with van der Waals surface area (Å²) in [5.74, 6) is -12.1. The van der Waals surface area contributed by atoms with Gasteiger partial charge in [0.15, 0.2) is 29.6 Å². The highest BCUT2D eigenvalue weighted by molar-refractivity contribution is 7.99. The standard InChI is InChI=1S/C35H30F5N5O4S/c1-18-25(17-50-35-42-43-44-45(35)2)48-34(49-32(18)21-11-9-19(16-46)10-12-21)24-8-4-7-23(14-24)22-6-3-5-20(13-22)15-41-33(47)26-27(36)29(38)31(40)30(39)28(26)37/h3-14,18,25,32,34,46H,15-17H2,1-2H3,(H,41,47). The molecule has 4 aromatic carbocycles. The molecule has 1 fully saturated rings. The van der Waals surface area contributed by atoms with E-state index in [1.165, 1.54) is 11.8 Å². The molecule has 1 saturated heterocycles. The minimum absolute atomic E-state index is 0.0696. The molecule has 6 rings (SSSR count). The van der Waals surface area contributed by atoms with E-state index in [0.717, 1.165) is 27.8 Å². The number of aliphatic hydroxyl groups excluding tert-OH is 1. The van der Waals surface area contributed by atoms with Gasteiger partial charge in [0.25, 0.3) is 5.91 Å². The number of benzene rings is 4. The normalized spacial score (nSPS) is 19.0. The van der Waals surface area contributed by atoms with E-state index in [4.69, 9.17) is 9.47 Å². The number of nitrogens with zero attached hydrogens (tertiary/aromatic N) is 4. The number of aliphatic hydroxyl groups is 1. The minimum Gasteiger partial charge on any atom is -0.392 e. The van der Waals surface area contributed by atoms with E-state index in [1.54, 1.807) is 29.9 Å².